The summed E-state index contributed by atoms with van der Waals surface area (Å²) in [6.45, 7) is 1.84. The molecule has 1 aliphatic rings. The molecule has 10 nitrogen and oxygen atoms in total. The number of amides is 2. The van der Waals surface area contributed by atoms with E-state index in [1.165, 1.54) is 31.4 Å². The highest BCUT2D eigenvalue weighted by Crippen LogP contribution is 2.39. The molecule has 0 unspecified atom stereocenters. The summed E-state index contributed by atoms with van der Waals surface area (Å²) >= 11 is 6.11. The van der Waals surface area contributed by atoms with Crippen LogP contribution in [0.4, 0.5) is 5.69 Å². The molecule has 1 saturated heterocycles. The first-order valence-electron chi connectivity index (χ1n) is 9.12. The first-order chi connectivity index (χ1) is 15.2. The molecule has 12 heteroatoms. The molecule has 1 heterocycles. The molecular formula is C20H17N3O7S2. The number of nitro groups is 1. The summed E-state index contributed by atoms with van der Waals surface area (Å²) in [5.41, 5.74) is 2.42. The van der Waals surface area contributed by atoms with Gasteiger partial charge in [-0.1, -0.05) is 11.8 Å². The number of hydrogen-bond acceptors (Lipinski definition) is 9. The normalized spacial score (nSPS) is 14.6. The fraction of sp³-hybridized carbons (Fsp3) is 0.150. The van der Waals surface area contributed by atoms with E-state index in [9.17, 15) is 24.8 Å². The van der Waals surface area contributed by atoms with Gasteiger partial charge in [0.15, 0.2) is 10.1 Å². The van der Waals surface area contributed by atoms with Crippen molar-refractivity contribution in [2.24, 2.45) is 0 Å². The van der Waals surface area contributed by atoms with Gasteiger partial charge in [-0.05, 0) is 61.1 Å². The Bertz CT molecular complexity index is 1130. The van der Waals surface area contributed by atoms with Crippen molar-refractivity contribution in [1.29, 1.82) is 0 Å². The number of phenolic OH excluding ortho intramolecular Hbond substituents is 1. The Hall–Kier alpha value is -3.64. The maximum atomic E-state index is 12.8. The standard InChI is InChI=1S/C20H17N3O7S2/c1-3-30-15-9-11(8-14(17(15)24)23(27)28)10-16-19(26)22(20(31)32-16)21-18(25)12-4-6-13(29-2)7-5-12/h4-10,24H,3H2,1-2H3,(H,21,25)/b16-10-. The molecule has 2 aromatic rings. The largest absolute Gasteiger partial charge is 0.500 e. The van der Waals surface area contributed by atoms with E-state index in [0.29, 0.717) is 11.3 Å². The fourth-order valence-electron chi connectivity index (χ4n) is 2.73. The molecule has 0 saturated carbocycles. The Kier molecular flexibility index (Phi) is 6.95. The minimum Gasteiger partial charge on any atom is -0.500 e. The Morgan fingerprint density at radius 2 is 2.03 bits per heavy atom. The number of methoxy groups -OCH3 is 1. The van der Waals surface area contributed by atoms with Crippen LogP contribution in [0.25, 0.3) is 6.08 Å². The maximum Gasteiger partial charge on any atom is 0.315 e. The topological polar surface area (TPSA) is 131 Å². The van der Waals surface area contributed by atoms with Crippen LogP contribution >= 0.6 is 24.0 Å². The van der Waals surface area contributed by atoms with E-state index in [-0.39, 0.29) is 27.1 Å². The molecule has 0 aromatic heterocycles. The third kappa shape index (κ3) is 4.81. The van der Waals surface area contributed by atoms with Gasteiger partial charge in [-0.15, -0.1) is 0 Å². The highest BCUT2D eigenvalue weighted by Gasteiger charge is 2.34. The summed E-state index contributed by atoms with van der Waals surface area (Å²) in [4.78, 5) is 35.9. The number of thioether (sulfide) groups is 1. The number of benzene rings is 2. The van der Waals surface area contributed by atoms with Gasteiger partial charge in [-0.3, -0.25) is 25.1 Å². The number of hydrogen-bond donors (Lipinski definition) is 2. The third-order valence-electron chi connectivity index (χ3n) is 4.23. The van der Waals surface area contributed by atoms with E-state index in [0.717, 1.165) is 22.8 Å². The molecule has 0 spiro atoms. The summed E-state index contributed by atoms with van der Waals surface area (Å²) in [6, 6.07) is 8.76. The smallest absolute Gasteiger partial charge is 0.315 e. The zero-order valence-corrected chi connectivity index (χ0v) is 18.5. The second-order valence-electron chi connectivity index (χ2n) is 6.26. The molecule has 32 heavy (non-hydrogen) atoms. The van der Waals surface area contributed by atoms with Gasteiger partial charge in [0.25, 0.3) is 11.8 Å². The molecule has 2 aromatic carbocycles. The van der Waals surface area contributed by atoms with Gasteiger partial charge in [0.1, 0.15) is 5.75 Å². The number of phenols is 1. The van der Waals surface area contributed by atoms with E-state index in [2.05, 4.69) is 5.43 Å². The summed E-state index contributed by atoms with van der Waals surface area (Å²) in [7, 11) is 1.50. The van der Waals surface area contributed by atoms with E-state index >= 15 is 0 Å². The Labute approximate surface area is 191 Å². The lowest BCUT2D eigenvalue weighted by Crippen LogP contribution is -2.44. The predicted octanol–water partition coefficient (Wildman–Crippen LogP) is 3.25. The number of hydrazine groups is 1. The van der Waals surface area contributed by atoms with Gasteiger partial charge < -0.3 is 14.6 Å². The van der Waals surface area contributed by atoms with Crippen molar-refractivity contribution >= 4 is 51.9 Å². The monoisotopic (exact) mass is 475 g/mol. The molecule has 0 radical (unpaired) electrons. The predicted molar refractivity (Wildman–Crippen MR) is 121 cm³/mol. The van der Waals surface area contributed by atoms with E-state index in [1.807, 2.05) is 0 Å². The molecule has 3 rings (SSSR count). The number of nitro benzene ring substituents is 1. The van der Waals surface area contributed by atoms with E-state index in [4.69, 9.17) is 21.7 Å². The molecule has 0 bridgehead atoms. The summed E-state index contributed by atoms with van der Waals surface area (Å²) < 4.78 is 10.4. The number of aromatic hydroxyl groups is 1. The van der Waals surface area contributed by atoms with Crippen LogP contribution in [0.1, 0.15) is 22.8 Å². The maximum absolute atomic E-state index is 12.8. The number of ether oxygens (including phenoxy) is 2. The number of thiocarbonyl (C=S) groups is 1. The van der Waals surface area contributed by atoms with Crippen molar-refractivity contribution in [3.63, 3.8) is 0 Å². The average molecular weight is 476 g/mol. The number of nitrogens with one attached hydrogen (secondary N) is 1. The van der Waals surface area contributed by atoms with Gasteiger partial charge in [0, 0.05) is 11.6 Å². The van der Waals surface area contributed by atoms with Gasteiger partial charge >= 0.3 is 5.69 Å². The Morgan fingerprint density at radius 1 is 1.34 bits per heavy atom. The lowest BCUT2D eigenvalue weighted by Gasteiger charge is -2.15. The zero-order valence-electron chi connectivity index (χ0n) is 16.9. The molecule has 1 fully saturated rings. The molecule has 1 aliphatic heterocycles. The molecule has 2 N–H and O–H groups in total. The lowest BCUT2D eigenvalue weighted by molar-refractivity contribution is -0.386. The van der Waals surface area contributed by atoms with Crippen molar-refractivity contribution in [3.05, 3.63) is 62.5 Å². The Balaban J connectivity index is 1.85. The first kappa shape index (κ1) is 23.0. The van der Waals surface area contributed by atoms with Crippen LogP contribution in [0.3, 0.4) is 0 Å². The first-order valence-corrected chi connectivity index (χ1v) is 10.3. The fourth-order valence-corrected chi connectivity index (χ4v) is 3.91. The second-order valence-corrected chi connectivity index (χ2v) is 7.94. The highest BCUT2D eigenvalue weighted by molar-refractivity contribution is 8.26. The number of carbonyl (C=O) groups excluding carboxylic acids is 2. The molecule has 0 aliphatic carbocycles. The number of rotatable bonds is 7. The third-order valence-corrected chi connectivity index (χ3v) is 5.53. The van der Waals surface area contributed by atoms with Crippen molar-refractivity contribution in [3.8, 4) is 17.2 Å². The minimum absolute atomic E-state index is 0.0846. The molecule has 2 amide bonds. The van der Waals surface area contributed by atoms with Crippen LogP contribution in [0, 0.1) is 10.1 Å². The van der Waals surface area contributed by atoms with Gasteiger partial charge in [0.05, 0.1) is 23.5 Å². The average Bonchev–Trinajstić information content (AvgIpc) is 3.03. The lowest BCUT2D eigenvalue weighted by atomic mass is 10.1. The van der Waals surface area contributed by atoms with Crippen LogP contribution in [0.5, 0.6) is 17.2 Å². The highest BCUT2D eigenvalue weighted by atomic mass is 32.2. The zero-order chi connectivity index (χ0) is 23.4. The van der Waals surface area contributed by atoms with Crippen LogP contribution in [0.15, 0.2) is 41.3 Å². The van der Waals surface area contributed by atoms with E-state index in [1.54, 1.807) is 19.1 Å². The summed E-state index contributed by atoms with van der Waals surface area (Å²) in [5, 5.41) is 22.2. The van der Waals surface area contributed by atoms with Gasteiger partial charge in [0.2, 0.25) is 5.75 Å². The summed E-state index contributed by atoms with van der Waals surface area (Å²) in [5.74, 6) is -1.27. The Morgan fingerprint density at radius 3 is 2.62 bits per heavy atom. The number of nitrogens with zero attached hydrogens (tertiary/aromatic N) is 2. The van der Waals surface area contributed by atoms with Crippen LogP contribution < -0.4 is 14.9 Å². The van der Waals surface area contributed by atoms with Gasteiger partial charge in [-0.25, -0.2) is 0 Å². The van der Waals surface area contributed by atoms with Crippen molar-refractivity contribution in [2.75, 3.05) is 13.7 Å². The summed E-state index contributed by atoms with van der Waals surface area (Å²) in [6.07, 6.45) is 1.37. The van der Waals surface area contributed by atoms with E-state index < -0.39 is 28.2 Å². The molecule has 0 atom stereocenters. The second kappa shape index (κ2) is 9.66. The van der Waals surface area contributed by atoms with Crippen LogP contribution in [0.2, 0.25) is 0 Å². The van der Waals surface area contributed by atoms with Crippen LogP contribution in [-0.2, 0) is 4.79 Å². The molecular weight excluding hydrogens is 458 g/mol. The van der Waals surface area contributed by atoms with Gasteiger partial charge in [-0.2, -0.15) is 5.01 Å². The van der Waals surface area contributed by atoms with Crippen molar-refractivity contribution in [2.45, 2.75) is 6.92 Å². The van der Waals surface area contributed by atoms with Crippen molar-refractivity contribution in [1.82, 2.24) is 10.4 Å². The van der Waals surface area contributed by atoms with Crippen molar-refractivity contribution < 1.29 is 29.1 Å². The number of carbonyl (C=O) groups is 2. The quantitative estimate of drug-likeness (QED) is 0.268. The molecule has 166 valence electrons. The van der Waals surface area contributed by atoms with Crippen LogP contribution in [-0.4, -0.2) is 44.9 Å². The SMILES string of the molecule is CCOc1cc(/C=C2\SC(=S)N(NC(=O)c3ccc(OC)cc3)C2=O)cc([N+](=O)[O-])c1O. The minimum atomic E-state index is -0.754.